The fourth-order valence-electron chi connectivity index (χ4n) is 1.88. The normalized spacial score (nSPS) is 10.5. The first-order chi connectivity index (χ1) is 9.70. The number of pyridine rings is 1. The van der Waals surface area contributed by atoms with Gasteiger partial charge in [0.2, 0.25) is 0 Å². The number of nitrogens with one attached hydrogen (secondary N) is 1. The Labute approximate surface area is 126 Å². The Morgan fingerprint density at radius 1 is 1.35 bits per heavy atom. The van der Waals surface area contributed by atoms with E-state index in [1.54, 1.807) is 13.3 Å². The summed E-state index contributed by atoms with van der Waals surface area (Å²) in [6, 6.07) is 9.63. The van der Waals surface area contributed by atoms with Crippen molar-refractivity contribution in [2.45, 2.75) is 13.0 Å². The van der Waals surface area contributed by atoms with Crippen LogP contribution in [-0.2, 0) is 13.0 Å². The van der Waals surface area contributed by atoms with Gasteiger partial charge in [0.05, 0.1) is 11.6 Å². The van der Waals surface area contributed by atoms with Gasteiger partial charge in [-0.15, -0.1) is 0 Å². The number of hydrogen-bond donors (Lipinski definition) is 2. The highest BCUT2D eigenvalue weighted by Gasteiger charge is 2.08. The molecule has 5 heteroatoms. The second-order valence-corrected chi connectivity index (χ2v) is 5.23. The molecule has 2 rings (SSSR count). The topological polar surface area (TPSA) is 54.4 Å². The highest BCUT2D eigenvalue weighted by atomic mass is 79.9. The van der Waals surface area contributed by atoms with Gasteiger partial charge in [-0.2, -0.15) is 0 Å². The molecule has 2 aromatic rings. The van der Waals surface area contributed by atoms with Crippen LogP contribution in [0, 0.1) is 0 Å². The van der Waals surface area contributed by atoms with Crippen molar-refractivity contribution in [2.24, 2.45) is 0 Å². The zero-order valence-corrected chi connectivity index (χ0v) is 12.9. The van der Waals surface area contributed by atoms with Gasteiger partial charge in [0.1, 0.15) is 0 Å². The third kappa shape index (κ3) is 3.95. The summed E-state index contributed by atoms with van der Waals surface area (Å²) in [5, 5.41) is 13.1. The third-order valence-corrected chi connectivity index (χ3v) is 3.53. The highest BCUT2D eigenvalue weighted by molar-refractivity contribution is 9.10. The van der Waals surface area contributed by atoms with E-state index in [9.17, 15) is 5.11 Å². The molecule has 0 fully saturated rings. The van der Waals surface area contributed by atoms with E-state index in [1.165, 1.54) is 0 Å². The number of rotatable bonds is 6. The van der Waals surface area contributed by atoms with Crippen molar-refractivity contribution in [1.29, 1.82) is 0 Å². The number of nitrogens with zero attached hydrogens (tertiary/aromatic N) is 1. The minimum absolute atomic E-state index is 0.129. The first-order valence-corrected chi connectivity index (χ1v) is 7.16. The van der Waals surface area contributed by atoms with Crippen LogP contribution in [0.25, 0.3) is 0 Å². The van der Waals surface area contributed by atoms with Crippen LogP contribution in [0.5, 0.6) is 11.5 Å². The summed E-state index contributed by atoms with van der Waals surface area (Å²) in [6.45, 7) is 1.56. The maximum atomic E-state index is 9.74. The largest absolute Gasteiger partial charge is 0.503 e. The molecule has 1 aromatic heterocycles. The molecular weight excluding hydrogens is 320 g/mol. The molecule has 0 saturated heterocycles. The van der Waals surface area contributed by atoms with Crippen LogP contribution in [-0.4, -0.2) is 23.7 Å². The zero-order chi connectivity index (χ0) is 14.4. The fourth-order valence-corrected chi connectivity index (χ4v) is 2.37. The number of phenols is 1. The Morgan fingerprint density at radius 3 is 2.90 bits per heavy atom. The summed E-state index contributed by atoms with van der Waals surface area (Å²) in [7, 11) is 1.54. The first kappa shape index (κ1) is 14.8. The lowest BCUT2D eigenvalue weighted by molar-refractivity contribution is 0.371. The molecule has 20 heavy (non-hydrogen) atoms. The van der Waals surface area contributed by atoms with E-state index in [0.717, 1.165) is 24.2 Å². The predicted molar refractivity (Wildman–Crippen MR) is 82.0 cm³/mol. The van der Waals surface area contributed by atoms with Gasteiger partial charge in [-0.05, 0) is 45.8 Å². The van der Waals surface area contributed by atoms with Gasteiger partial charge in [-0.3, -0.25) is 4.98 Å². The molecule has 0 amide bonds. The van der Waals surface area contributed by atoms with E-state index in [1.807, 2.05) is 30.3 Å². The van der Waals surface area contributed by atoms with Crippen molar-refractivity contribution in [3.63, 3.8) is 0 Å². The van der Waals surface area contributed by atoms with Gasteiger partial charge in [0, 0.05) is 31.4 Å². The number of phenolic OH excluding ortho intramolecular Hbond substituents is 1. The molecule has 1 heterocycles. The molecule has 0 atom stereocenters. The van der Waals surface area contributed by atoms with E-state index in [2.05, 4.69) is 26.2 Å². The average Bonchev–Trinajstić information content (AvgIpc) is 2.48. The monoisotopic (exact) mass is 336 g/mol. The predicted octanol–water partition coefficient (Wildman–Crippen LogP) is 2.89. The lowest BCUT2D eigenvalue weighted by Gasteiger charge is -2.10. The number of aromatic hydroxyl groups is 1. The van der Waals surface area contributed by atoms with E-state index >= 15 is 0 Å². The smallest absolute Gasteiger partial charge is 0.172 e. The lowest BCUT2D eigenvalue weighted by Crippen LogP contribution is -2.17. The summed E-state index contributed by atoms with van der Waals surface area (Å²) in [6.07, 6.45) is 2.69. The second kappa shape index (κ2) is 7.26. The molecule has 106 valence electrons. The van der Waals surface area contributed by atoms with E-state index in [0.29, 0.717) is 16.8 Å². The molecule has 0 aliphatic carbocycles. The Morgan fingerprint density at radius 2 is 2.20 bits per heavy atom. The van der Waals surface area contributed by atoms with Gasteiger partial charge in [0.25, 0.3) is 0 Å². The molecule has 0 unspecified atom stereocenters. The standard InChI is InChI=1S/C15H17BrN2O2/c1-20-14-9-11(8-13(16)15(14)19)10-17-7-5-12-4-2-3-6-18-12/h2-4,6,8-9,17,19H,5,7,10H2,1H3. The number of ether oxygens (including phenoxy) is 1. The van der Waals surface area contributed by atoms with Gasteiger partial charge in [0.15, 0.2) is 11.5 Å². The van der Waals surface area contributed by atoms with Crippen LogP contribution in [0.1, 0.15) is 11.3 Å². The minimum atomic E-state index is 0.129. The van der Waals surface area contributed by atoms with Crippen molar-refractivity contribution in [1.82, 2.24) is 10.3 Å². The quantitative estimate of drug-likeness (QED) is 0.796. The Balaban J connectivity index is 1.87. The Kier molecular flexibility index (Phi) is 5.38. The highest BCUT2D eigenvalue weighted by Crippen LogP contribution is 2.35. The van der Waals surface area contributed by atoms with Crippen molar-refractivity contribution >= 4 is 15.9 Å². The van der Waals surface area contributed by atoms with Crippen molar-refractivity contribution in [3.05, 3.63) is 52.3 Å². The maximum Gasteiger partial charge on any atom is 0.172 e. The minimum Gasteiger partial charge on any atom is -0.503 e. The van der Waals surface area contributed by atoms with Gasteiger partial charge in [-0.25, -0.2) is 0 Å². The van der Waals surface area contributed by atoms with Gasteiger partial charge < -0.3 is 15.2 Å². The van der Waals surface area contributed by atoms with Crippen LogP contribution >= 0.6 is 15.9 Å². The molecule has 1 aromatic carbocycles. The molecular formula is C15H17BrN2O2. The van der Waals surface area contributed by atoms with Crippen LogP contribution in [0.4, 0.5) is 0 Å². The molecule has 0 aliphatic rings. The van der Waals surface area contributed by atoms with Crippen LogP contribution < -0.4 is 10.1 Å². The van der Waals surface area contributed by atoms with Gasteiger partial charge in [-0.1, -0.05) is 6.07 Å². The lowest BCUT2D eigenvalue weighted by atomic mass is 10.2. The summed E-state index contributed by atoms with van der Waals surface area (Å²) in [5.41, 5.74) is 2.12. The Bertz CT molecular complexity index is 561. The number of hydrogen-bond acceptors (Lipinski definition) is 4. The second-order valence-electron chi connectivity index (χ2n) is 4.38. The average molecular weight is 337 g/mol. The number of halogens is 1. The molecule has 0 saturated carbocycles. The Hall–Kier alpha value is -1.59. The zero-order valence-electron chi connectivity index (χ0n) is 11.3. The number of aromatic nitrogens is 1. The van der Waals surface area contributed by atoms with E-state index in [4.69, 9.17) is 4.74 Å². The van der Waals surface area contributed by atoms with Crippen LogP contribution in [0.2, 0.25) is 0 Å². The fraction of sp³-hybridized carbons (Fsp3) is 0.267. The third-order valence-electron chi connectivity index (χ3n) is 2.92. The van der Waals surface area contributed by atoms with Gasteiger partial charge >= 0.3 is 0 Å². The molecule has 0 spiro atoms. The first-order valence-electron chi connectivity index (χ1n) is 6.36. The van der Waals surface area contributed by atoms with Crippen LogP contribution in [0.3, 0.4) is 0 Å². The summed E-state index contributed by atoms with van der Waals surface area (Å²) >= 11 is 3.32. The number of benzene rings is 1. The number of methoxy groups -OCH3 is 1. The molecule has 0 bridgehead atoms. The molecule has 0 aliphatic heterocycles. The summed E-state index contributed by atoms with van der Waals surface area (Å²) in [4.78, 5) is 4.28. The van der Waals surface area contributed by atoms with E-state index in [-0.39, 0.29) is 5.75 Å². The SMILES string of the molecule is COc1cc(CNCCc2ccccn2)cc(Br)c1O. The van der Waals surface area contributed by atoms with Crippen molar-refractivity contribution in [3.8, 4) is 11.5 Å². The molecule has 0 radical (unpaired) electrons. The van der Waals surface area contributed by atoms with Crippen molar-refractivity contribution < 1.29 is 9.84 Å². The summed E-state index contributed by atoms with van der Waals surface area (Å²) < 4.78 is 5.76. The molecule has 4 nitrogen and oxygen atoms in total. The molecule has 2 N–H and O–H groups in total. The maximum absolute atomic E-state index is 9.74. The summed E-state index contributed by atoms with van der Waals surface area (Å²) in [5.74, 6) is 0.602. The van der Waals surface area contributed by atoms with Crippen molar-refractivity contribution in [2.75, 3.05) is 13.7 Å². The van der Waals surface area contributed by atoms with E-state index < -0.39 is 0 Å². The van der Waals surface area contributed by atoms with Crippen LogP contribution in [0.15, 0.2) is 41.0 Å².